The molecule has 0 aromatic carbocycles. The Bertz CT molecular complexity index is 482. The van der Waals surface area contributed by atoms with Crippen molar-refractivity contribution in [3.8, 4) is 0 Å². The van der Waals surface area contributed by atoms with Crippen molar-refractivity contribution >= 4 is 29.9 Å². The van der Waals surface area contributed by atoms with Crippen LogP contribution in [-0.4, -0.2) is 23.9 Å². The summed E-state index contributed by atoms with van der Waals surface area (Å²) in [7, 11) is 0. The standard InChI is InChI=1S/C14H19NOS2/c1-14(2,3)10-4-6-15(7-5-10)13(16)12-8-11(17)9-18-12/h4,8-9,17H,5-7H2,1-3H3. The van der Waals surface area contributed by atoms with E-state index in [0.717, 1.165) is 29.3 Å². The molecule has 0 N–H and O–H groups in total. The lowest BCUT2D eigenvalue weighted by Gasteiger charge is -2.32. The van der Waals surface area contributed by atoms with Gasteiger partial charge in [-0.15, -0.1) is 24.0 Å². The third-order valence-corrected chi connectivity index (χ3v) is 4.61. The Kier molecular flexibility index (Phi) is 3.87. The van der Waals surface area contributed by atoms with Crippen LogP contribution in [0.1, 0.15) is 36.9 Å². The van der Waals surface area contributed by atoms with Crippen LogP contribution in [0.2, 0.25) is 0 Å². The van der Waals surface area contributed by atoms with E-state index in [0.29, 0.717) is 0 Å². The number of carbonyl (C=O) groups is 1. The minimum Gasteiger partial charge on any atom is -0.334 e. The maximum absolute atomic E-state index is 12.2. The van der Waals surface area contributed by atoms with Gasteiger partial charge in [-0.2, -0.15) is 0 Å². The first-order valence-electron chi connectivity index (χ1n) is 6.14. The summed E-state index contributed by atoms with van der Waals surface area (Å²) in [5.41, 5.74) is 1.67. The first-order chi connectivity index (χ1) is 8.38. The SMILES string of the molecule is CC(C)(C)C1=CCN(C(=O)c2cc(S)cs2)CC1. The fourth-order valence-corrected chi connectivity index (χ4v) is 3.24. The zero-order valence-electron chi connectivity index (χ0n) is 11.1. The molecular weight excluding hydrogens is 262 g/mol. The fraction of sp³-hybridized carbons (Fsp3) is 0.500. The maximum Gasteiger partial charge on any atom is 0.264 e. The van der Waals surface area contributed by atoms with Crippen molar-refractivity contribution in [3.05, 3.63) is 28.0 Å². The van der Waals surface area contributed by atoms with Gasteiger partial charge >= 0.3 is 0 Å². The van der Waals surface area contributed by atoms with Gasteiger partial charge < -0.3 is 4.90 Å². The molecule has 0 unspecified atom stereocenters. The number of thiol groups is 1. The van der Waals surface area contributed by atoms with Crippen molar-refractivity contribution in [2.24, 2.45) is 5.41 Å². The number of amides is 1. The zero-order chi connectivity index (χ0) is 13.3. The molecule has 1 aromatic heterocycles. The first kappa shape index (κ1) is 13.7. The number of thiophene rings is 1. The van der Waals surface area contributed by atoms with E-state index in [1.807, 2.05) is 16.3 Å². The molecule has 0 saturated heterocycles. The van der Waals surface area contributed by atoms with Crippen LogP contribution in [0.15, 0.2) is 28.0 Å². The summed E-state index contributed by atoms with van der Waals surface area (Å²) in [5.74, 6) is 0.129. The molecule has 1 aromatic rings. The van der Waals surface area contributed by atoms with Crippen LogP contribution < -0.4 is 0 Å². The molecule has 4 heteroatoms. The van der Waals surface area contributed by atoms with Crippen LogP contribution in [0.4, 0.5) is 0 Å². The van der Waals surface area contributed by atoms with Crippen LogP contribution in [-0.2, 0) is 0 Å². The molecule has 2 nitrogen and oxygen atoms in total. The Morgan fingerprint density at radius 1 is 1.44 bits per heavy atom. The summed E-state index contributed by atoms with van der Waals surface area (Å²) >= 11 is 5.71. The second-order valence-corrected chi connectivity index (χ2v) is 7.08. The van der Waals surface area contributed by atoms with Crippen LogP contribution in [0.5, 0.6) is 0 Å². The van der Waals surface area contributed by atoms with Gasteiger partial charge in [-0.25, -0.2) is 0 Å². The van der Waals surface area contributed by atoms with Crippen LogP contribution in [0.3, 0.4) is 0 Å². The normalized spacial score (nSPS) is 16.7. The second kappa shape index (κ2) is 5.10. The molecule has 98 valence electrons. The molecule has 18 heavy (non-hydrogen) atoms. The van der Waals surface area contributed by atoms with Gasteiger partial charge in [0.1, 0.15) is 0 Å². The van der Waals surface area contributed by atoms with Gasteiger partial charge in [-0.3, -0.25) is 4.79 Å². The Hall–Kier alpha value is -0.740. The first-order valence-corrected chi connectivity index (χ1v) is 7.47. The molecule has 1 amide bonds. The number of rotatable bonds is 1. The van der Waals surface area contributed by atoms with Crippen molar-refractivity contribution in [1.82, 2.24) is 4.90 Å². The number of nitrogens with zero attached hydrogens (tertiary/aromatic N) is 1. The van der Waals surface area contributed by atoms with Crippen molar-refractivity contribution in [1.29, 1.82) is 0 Å². The number of hydrogen-bond donors (Lipinski definition) is 1. The van der Waals surface area contributed by atoms with E-state index in [1.54, 1.807) is 0 Å². The van der Waals surface area contributed by atoms with E-state index in [2.05, 4.69) is 39.5 Å². The van der Waals surface area contributed by atoms with Crippen LogP contribution in [0.25, 0.3) is 0 Å². The van der Waals surface area contributed by atoms with E-state index >= 15 is 0 Å². The van der Waals surface area contributed by atoms with Gasteiger partial charge in [-0.1, -0.05) is 32.4 Å². The van der Waals surface area contributed by atoms with Gasteiger partial charge in [0.2, 0.25) is 0 Å². The van der Waals surface area contributed by atoms with E-state index in [9.17, 15) is 4.79 Å². The van der Waals surface area contributed by atoms with Gasteiger partial charge in [0, 0.05) is 23.4 Å². The monoisotopic (exact) mass is 281 g/mol. The second-order valence-electron chi connectivity index (χ2n) is 5.65. The maximum atomic E-state index is 12.2. The summed E-state index contributed by atoms with van der Waals surface area (Å²) in [6.07, 6.45) is 3.19. The molecule has 0 aliphatic carbocycles. The third kappa shape index (κ3) is 2.98. The Morgan fingerprint density at radius 2 is 2.17 bits per heavy atom. The summed E-state index contributed by atoms with van der Waals surface area (Å²) in [6, 6.07) is 1.85. The van der Waals surface area contributed by atoms with Gasteiger partial charge in [0.15, 0.2) is 0 Å². The molecule has 1 aliphatic rings. The Labute approximate surface area is 118 Å². The minimum atomic E-state index is 0.129. The summed E-state index contributed by atoms with van der Waals surface area (Å²) in [6.45, 7) is 8.22. The smallest absolute Gasteiger partial charge is 0.264 e. The molecule has 0 fully saturated rings. The van der Waals surface area contributed by atoms with Crippen molar-refractivity contribution in [2.45, 2.75) is 32.1 Å². The highest BCUT2D eigenvalue weighted by molar-refractivity contribution is 7.80. The predicted molar refractivity (Wildman–Crippen MR) is 79.6 cm³/mol. The third-order valence-electron chi connectivity index (χ3n) is 3.26. The molecular formula is C14H19NOS2. The molecule has 1 aliphatic heterocycles. The molecule has 2 rings (SSSR count). The van der Waals surface area contributed by atoms with Gasteiger partial charge in [-0.05, 0) is 17.9 Å². The largest absolute Gasteiger partial charge is 0.334 e. The highest BCUT2D eigenvalue weighted by atomic mass is 32.1. The number of carbonyl (C=O) groups excluding carboxylic acids is 1. The van der Waals surface area contributed by atoms with Crippen molar-refractivity contribution < 1.29 is 4.79 Å². The van der Waals surface area contributed by atoms with Crippen molar-refractivity contribution in [3.63, 3.8) is 0 Å². The van der Waals surface area contributed by atoms with Gasteiger partial charge in [0.05, 0.1) is 4.88 Å². The van der Waals surface area contributed by atoms with E-state index in [1.165, 1.54) is 16.9 Å². The number of hydrogen-bond acceptors (Lipinski definition) is 3. The van der Waals surface area contributed by atoms with Crippen LogP contribution in [0, 0.1) is 5.41 Å². The molecule has 0 bridgehead atoms. The predicted octanol–water partition coefficient (Wildman–Crippen LogP) is 3.86. The summed E-state index contributed by atoms with van der Waals surface area (Å²) < 4.78 is 0. The minimum absolute atomic E-state index is 0.129. The van der Waals surface area contributed by atoms with Crippen molar-refractivity contribution in [2.75, 3.05) is 13.1 Å². The molecule has 2 heterocycles. The van der Waals surface area contributed by atoms with Crippen LogP contribution >= 0.6 is 24.0 Å². The average Bonchev–Trinajstić information content (AvgIpc) is 2.74. The fourth-order valence-electron chi connectivity index (χ4n) is 2.13. The quantitative estimate of drug-likeness (QED) is 0.612. The van der Waals surface area contributed by atoms with E-state index < -0.39 is 0 Å². The zero-order valence-corrected chi connectivity index (χ0v) is 12.8. The Morgan fingerprint density at radius 3 is 2.61 bits per heavy atom. The summed E-state index contributed by atoms with van der Waals surface area (Å²) in [4.78, 5) is 15.8. The topological polar surface area (TPSA) is 20.3 Å². The lowest BCUT2D eigenvalue weighted by Crippen LogP contribution is -2.36. The van der Waals surface area contributed by atoms with E-state index in [-0.39, 0.29) is 11.3 Å². The summed E-state index contributed by atoms with van der Waals surface area (Å²) in [5, 5.41) is 1.90. The van der Waals surface area contributed by atoms with Gasteiger partial charge in [0.25, 0.3) is 5.91 Å². The Balaban J connectivity index is 2.06. The lowest BCUT2D eigenvalue weighted by molar-refractivity contribution is 0.0769. The molecule has 0 atom stereocenters. The lowest BCUT2D eigenvalue weighted by atomic mass is 9.83. The molecule has 0 radical (unpaired) electrons. The molecule has 0 saturated carbocycles. The highest BCUT2D eigenvalue weighted by Gasteiger charge is 2.24. The highest BCUT2D eigenvalue weighted by Crippen LogP contribution is 2.30. The van der Waals surface area contributed by atoms with E-state index in [4.69, 9.17) is 0 Å². The molecule has 0 spiro atoms. The average molecular weight is 281 g/mol.